The Morgan fingerprint density at radius 2 is 1.77 bits per heavy atom. The van der Waals surface area contributed by atoms with Crippen LogP contribution in [0.25, 0.3) is 10.8 Å². The molecule has 0 radical (unpaired) electrons. The summed E-state index contributed by atoms with van der Waals surface area (Å²) in [4.78, 5) is 11.7. The zero-order chi connectivity index (χ0) is 23.5. The maximum Gasteiger partial charge on any atom is 0.335 e. The van der Waals surface area contributed by atoms with Crippen LogP contribution in [0.5, 0.6) is 5.75 Å². The van der Waals surface area contributed by atoms with Crippen LogP contribution in [0.3, 0.4) is 0 Å². The average Bonchev–Trinajstić information content (AvgIpc) is 2.86. The predicted octanol–water partition coefficient (Wildman–Crippen LogP) is 6.38. The highest BCUT2D eigenvalue weighted by molar-refractivity contribution is 5.89. The van der Waals surface area contributed by atoms with Crippen LogP contribution in [0.15, 0.2) is 84.9 Å². The van der Waals surface area contributed by atoms with E-state index in [4.69, 9.17) is 4.74 Å². The molecule has 35 heavy (non-hydrogen) atoms. The first-order chi connectivity index (χ1) is 16.6. The van der Waals surface area contributed by atoms with Gasteiger partial charge >= 0.3 is 5.97 Å². The SMILES string of the molecule is Cc1ccc([C@H]2C[C@H](CNCCc3cccc4ccccc34)Oc3ccccc32)cc1C(=O)O.Cl. The van der Waals surface area contributed by atoms with Crippen molar-refractivity contribution in [2.24, 2.45) is 0 Å². The Bertz CT molecular complexity index is 1330. The van der Waals surface area contributed by atoms with E-state index in [-0.39, 0.29) is 24.4 Å². The van der Waals surface area contributed by atoms with Gasteiger partial charge in [0.05, 0.1) is 5.56 Å². The van der Waals surface area contributed by atoms with Crippen molar-refractivity contribution in [3.05, 3.63) is 113 Å². The number of para-hydroxylation sites is 1. The zero-order valence-corrected chi connectivity index (χ0v) is 20.6. The van der Waals surface area contributed by atoms with Crippen LogP contribution in [0, 0.1) is 6.92 Å². The molecule has 2 atom stereocenters. The number of hydrogen-bond acceptors (Lipinski definition) is 3. The molecule has 180 valence electrons. The maximum absolute atomic E-state index is 11.7. The van der Waals surface area contributed by atoms with Crippen molar-refractivity contribution in [1.82, 2.24) is 5.32 Å². The molecule has 0 amide bonds. The third-order valence-corrected chi connectivity index (χ3v) is 6.80. The fourth-order valence-corrected chi connectivity index (χ4v) is 5.02. The molecule has 4 aromatic carbocycles. The quantitative estimate of drug-likeness (QED) is 0.297. The van der Waals surface area contributed by atoms with E-state index in [0.29, 0.717) is 5.56 Å². The molecular weight excluding hydrogens is 458 g/mol. The van der Waals surface area contributed by atoms with Gasteiger partial charge in [-0.15, -0.1) is 12.4 Å². The minimum absolute atomic E-state index is 0. The second-order valence-electron chi connectivity index (χ2n) is 9.04. The molecule has 2 N–H and O–H groups in total. The summed E-state index contributed by atoms with van der Waals surface area (Å²) in [5.74, 6) is 0.108. The molecule has 0 aromatic heterocycles. The Morgan fingerprint density at radius 3 is 2.63 bits per heavy atom. The van der Waals surface area contributed by atoms with Gasteiger partial charge < -0.3 is 15.2 Å². The van der Waals surface area contributed by atoms with Gasteiger partial charge in [-0.1, -0.05) is 72.8 Å². The molecule has 1 aliphatic rings. The van der Waals surface area contributed by atoms with Crippen molar-refractivity contribution in [2.45, 2.75) is 31.8 Å². The van der Waals surface area contributed by atoms with Crippen LogP contribution in [0.4, 0.5) is 0 Å². The van der Waals surface area contributed by atoms with E-state index in [9.17, 15) is 9.90 Å². The summed E-state index contributed by atoms with van der Waals surface area (Å²) < 4.78 is 6.33. The van der Waals surface area contributed by atoms with E-state index in [0.717, 1.165) is 48.4 Å². The van der Waals surface area contributed by atoms with Crippen LogP contribution in [-0.2, 0) is 6.42 Å². The fraction of sp³-hybridized carbons (Fsp3) is 0.233. The molecule has 0 fully saturated rings. The summed E-state index contributed by atoms with van der Waals surface area (Å²) in [7, 11) is 0. The molecule has 1 heterocycles. The highest BCUT2D eigenvalue weighted by atomic mass is 35.5. The Balaban J connectivity index is 0.00000289. The molecule has 4 nitrogen and oxygen atoms in total. The topological polar surface area (TPSA) is 58.6 Å². The van der Waals surface area contributed by atoms with Gasteiger partial charge in [-0.3, -0.25) is 0 Å². The number of fused-ring (bicyclic) bond motifs is 2. The minimum Gasteiger partial charge on any atom is -0.489 e. The first-order valence-corrected chi connectivity index (χ1v) is 11.9. The molecule has 0 saturated carbocycles. The van der Waals surface area contributed by atoms with Gasteiger partial charge in [0.1, 0.15) is 11.9 Å². The van der Waals surface area contributed by atoms with Crippen LogP contribution >= 0.6 is 12.4 Å². The van der Waals surface area contributed by atoms with Gasteiger partial charge in [-0.05, 0) is 65.9 Å². The molecule has 0 spiro atoms. The van der Waals surface area contributed by atoms with E-state index >= 15 is 0 Å². The predicted molar refractivity (Wildman–Crippen MR) is 143 cm³/mol. The average molecular weight is 488 g/mol. The second kappa shape index (κ2) is 10.9. The van der Waals surface area contributed by atoms with Crippen molar-refractivity contribution in [3.8, 4) is 5.75 Å². The number of ether oxygens (including phenoxy) is 1. The van der Waals surface area contributed by atoms with Gasteiger partial charge in [-0.2, -0.15) is 0 Å². The lowest BCUT2D eigenvalue weighted by atomic mass is 9.83. The Kier molecular flexibility index (Phi) is 7.74. The van der Waals surface area contributed by atoms with Crippen molar-refractivity contribution in [1.29, 1.82) is 0 Å². The number of carbonyl (C=O) groups is 1. The minimum atomic E-state index is -0.883. The Hall–Kier alpha value is -3.34. The van der Waals surface area contributed by atoms with E-state index in [1.54, 1.807) is 0 Å². The van der Waals surface area contributed by atoms with Crippen molar-refractivity contribution in [2.75, 3.05) is 13.1 Å². The number of aromatic carboxylic acids is 1. The summed E-state index contributed by atoms with van der Waals surface area (Å²) >= 11 is 0. The summed E-state index contributed by atoms with van der Waals surface area (Å²) in [5.41, 5.74) is 4.64. The monoisotopic (exact) mass is 487 g/mol. The molecule has 0 unspecified atom stereocenters. The molecule has 0 bridgehead atoms. The van der Waals surface area contributed by atoms with E-state index in [1.165, 1.54) is 16.3 Å². The smallest absolute Gasteiger partial charge is 0.335 e. The molecule has 1 aliphatic heterocycles. The van der Waals surface area contributed by atoms with Gasteiger partial charge in [-0.25, -0.2) is 4.79 Å². The molecular formula is C30H30ClNO3. The van der Waals surface area contributed by atoms with E-state index < -0.39 is 5.97 Å². The fourth-order valence-electron chi connectivity index (χ4n) is 5.02. The molecule has 4 aromatic rings. The summed E-state index contributed by atoms with van der Waals surface area (Å²) in [5, 5.41) is 15.8. The number of nitrogens with one attached hydrogen (secondary N) is 1. The van der Waals surface area contributed by atoms with Crippen LogP contribution in [0.2, 0.25) is 0 Å². The lowest BCUT2D eigenvalue weighted by Gasteiger charge is -2.33. The number of benzene rings is 4. The van der Waals surface area contributed by atoms with Crippen molar-refractivity contribution in [3.63, 3.8) is 0 Å². The van der Waals surface area contributed by atoms with E-state index in [1.807, 2.05) is 37.3 Å². The summed E-state index contributed by atoms with van der Waals surface area (Å²) in [6.45, 7) is 3.45. The van der Waals surface area contributed by atoms with Crippen molar-refractivity contribution < 1.29 is 14.6 Å². The summed E-state index contributed by atoms with van der Waals surface area (Å²) in [6, 6.07) is 28.9. The Labute approximate surface area is 212 Å². The first kappa shape index (κ1) is 24.8. The summed E-state index contributed by atoms with van der Waals surface area (Å²) in [6.07, 6.45) is 1.77. The number of carboxylic acids is 1. The molecule has 0 aliphatic carbocycles. The second-order valence-corrected chi connectivity index (χ2v) is 9.04. The lowest BCUT2D eigenvalue weighted by Crippen LogP contribution is -2.36. The highest BCUT2D eigenvalue weighted by Gasteiger charge is 2.29. The van der Waals surface area contributed by atoms with E-state index in [2.05, 4.69) is 59.9 Å². The van der Waals surface area contributed by atoms with Crippen LogP contribution in [0.1, 0.15) is 45.0 Å². The number of rotatable bonds is 7. The number of halogens is 1. The number of carboxylic acid groups (broad SMARTS) is 1. The lowest BCUT2D eigenvalue weighted by molar-refractivity contribution is 0.0696. The van der Waals surface area contributed by atoms with Crippen LogP contribution in [-0.4, -0.2) is 30.3 Å². The largest absolute Gasteiger partial charge is 0.489 e. The number of hydrogen-bond donors (Lipinski definition) is 2. The molecule has 5 rings (SSSR count). The van der Waals surface area contributed by atoms with Crippen molar-refractivity contribution >= 4 is 29.1 Å². The number of aryl methyl sites for hydroxylation is 1. The normalized spacial score (nSPS) is 16.7. The van der Waals surface area contributed by atoms with Gasteiger partial charge in [0.2, 0.25) is 0 Å². The Morgan fingerprint density at radius 1 is 1.00 bits per heavy atom. The zero-order valence-electron chi connectivity index (χ0n) is 19.7. The highest BCUT2D eigenvalue weighted by Crippen LogP contribution is 2.40. The van der Waals surface area contributed by atoms with Crippen LogP contribution < -0.4 is 10.1 Å². The third kappa shape index (κ3) is 5.34. The van der Waals surface area contributed by atoms with Gasteiger partial charge in [0, 0.05) is 18.0 Å². The maximum atomic E-state index is 11.7. The van der Waals surface area contributed by atoms with Gasteiger partial charge in [0.25, 0.3) is 0 Å². The third-order valence-electron chi connectivity index (χ3n) is 6.80. The molecule has 5 heteroatoms. The standard InChI is InChI=1S/C30H29NO3.ClH/c1-20-13-14-23(17-27(20)30(32)33)28-18-24(34-29-12-5-4-11-26(28)29)19-31-16-15-22-9-6-8-21-7-2-3-10-25(21)22;/h2-14,17,24,28,31H,15-16,18-19H2,1H3,(H,32,33);1H/t24-,28-;/m1./s1. The first-order valence-electron chi connectivity index (χ1n) is 11.9. The van der Waals surface area contributed by atoms with Gasteiger partial charge in [0.15, 0.2) is 0 Å². The molecule has 0 saturated heterocycles.